The van der Waals surface area contributed by atoms with Crippen molar-refractivity contribution >= 4 is 28.6 Å². The van der Waals surface area contributed by atoms with Gasteiger partial charge in [-0.15, -0.1) is 0 Å². The minimum atomic E-state index is -0.275. The van der Waals surface area contributed by atoms with Crippen molar-refractivity contribution < 1.29 is 4.39 Å². The lowest BCUT2D eigenvalue weighted by molar-refractivity contribution is 0.612. The summed E-state index contributed by atoms with van der Waals surface area (Å²) >= 11 is 0. The highest BCUT2D eigenvalue weighted by molar-refractivity contribution is 5.88. The maximum absolute atomic E-state index is 13.7. The van der Waals surface area contributed by atoms with Gasteiger partial charge >= 0.3 is 0 Å². The van der Waals surface area contributed by atoms with E-state index in [2.05, 4.69) is 41.0 Å². The van der Waals surface area contributed by atoms with Gasteiger partial charge in [0.25, 0.3) is 0 Å². The zero-order valence-corrected chi connectivity index (χ0v) is 13.3. The number of anilines is 3. The fraction of sp³-hybridized carbons (Fsp3) is 0.125. The molecular weight excluding hydrogens is 323 g/mol. The molecule has 1 aromatic carbocycles. The van der Waals surface area contributed by atoms with Gasteiger partial charge in [0.1, 0.15) is 11.6 Å². The Labute approximate surface area is 141 Å². The molecule has 3 heterocycles. The molecule has 25 heavy (non-hydrogen) atoms. The van der Waals surface area contributed by atoms with E-state index in [0.29, 0.717) is 28.8 Å². The Balaban J connectivity index is 1.62. The number of halogens is 1. The molecule has 0 aliphatic carbocycles. The zero-order chi connectivity index (χ0) is 17.2. The Bertz CT molecular complexity index is 1020. The van der Waals surface area contributed by atoms with Gasteiger partial charge in [-0.2, -0.15) is 20.2 Å². The number of fused-ring (bicyclic) bond motifs is 1. The first-order valence-electron chi connectivity index (χ1n) is 7.66. The van der Waals surface area contributed by atoms with E-state index in [0.717, 1.165) is 11.1 Å². The normalized spacial score (nSPS) is 11.0. The first-order valence-corrected chi connectivity index (χ1v) is 7.66. The largest absolute Gasteiger partial charge is 0.350 e. The van der Waals surface area contributed by atoms with E-state index in [1.807, 2.05) is 13.0 Å². The summed E-state index contributed by atoms with van der Waals surface area (Å²) in [5, 5.41) is 20.7. The molecule has 4 aromatic rings. The Kier molecular flexibility index (Phi) is 3.73. The number of hydrogen-bond acceptors (Lipinski definition) is 6. The molecule has 3 aromatic heterocycles. The van der Waals surface area contributed by atoms with Gasteiger partial charge in [0.15, 0.2) is 11.5 Å². The third-order valence-corrected chi connectivity index (χ3v) is 3.66. The van der Waals surface area contributed by atoms with Crippen molar-refractivity contribution in [2.45, 2.75) is 13.5 Å². The van der Waals surface area contributed by atoms with Crippen molar-refractivity contribution in [3.8, 4) is 0 Å². The predicted molar refractivity (Wildman–Crippen MR) is 92.0 cm³/mol. The van der Waals surface area contributed by atoms with E-state index in [-0.39, 0.29) is 12.4 Å². The highest BCUT2D eigenvalue weighted by atomic mass is 19.1. The second kappa shape index (κ2) is 6.19. The van der Waals surface area contributed by atoms with Gasteiger partial charge in [-0.25, -0.2) is 4.39 Å². The van der Waals surface area contributed by atoms with E-state index in [1.54, 1.807) is 24.4 Å². The molecule has 0 saturated heterocycles. The van der Waals surface area contributed by atoms with Crippen LogP contribution < -0.4 is 10.6 Å². The molecule has 0 radical (unpaired) electrons. The topological polar surface area (TPSA) is 107 Å². The molecule has 0 aliphatic rings. The van der Waals surface area contributed by atoms with E-state index < -0.39 is 0 Å². The zero-order valence-electron chi connectivity index (χ0n) is 13.3. The highest BCUT2D eigenvalue weighted by Gasteiger charge is 2.11. The quantitative estimate of drug-likeness (QED) is 0.446. The third-order valence-electron chi connectivity index (χ3n) is 3.66. The summed E-state index contributed by atoms with van der Waals surface area (Å²) in [6.07, 6.45) is 1.64. The van der Waals surface area contributed by atoms with Crippen molar-refractivity contribution in [3.05, 3.63) is 53.6 Å². The van der Waals surface area contributed by atoms with Crippen molar-refractivity contribution in [2.24, 2.45) is 0 Å². The average Bonchev–Trinajstić information content (AvgIpc) is 3.23. The standard InChI is InChI=1S/C16H15FN8/c1-9-6-13(24-23-9)20-14-11-8-19-25-15(11)22-16(21-14)18-7-10-4-2-3-5-12(10)17/h2-6,8H,7H2,1H3,(H4,18,19,20,21,22,23,24,25). The van der Waals surface area contributed by atoms with E-state index >= 15 is 0 Å². The Morgan fingerprint density at radius 1 is 1.16 bits per heavy atom. The molecule has 0 bridgehead atoms. The van der Waals surface area contributed by atoms with Crippen LogP contribution in [0, 0.1) is 12.7 Å². The summed E-state index contributed by atoms with van der Waals surface area (Å²) in [5.74, 6) is 1.28. The molecule has 4 rings (SSSR count). The van der Waals surface area contributed by atoms with Crippen LogP contribution >= 0.6 is 0 Å². The van der Waals surface area contributed by atoms with Gasteiger partial charge in [0, 0.05) is 23.9 Å². The van der Waals surface area contributed by atoms with Gasteiger partial charge in [0.2, 0.25) is 5.95 Å². The maximum atomic E-state index is 13.7. The number of hydrogen-bond donors (Lipinski definition) is 4. The van der Waals surface area contributed by atoms with Gasteiger partial charge in [-0.1, -0.05) is 18.2 Å². The van der Waals surface area contributed by atoms with Crippen LogP contribution in [0.15, 0.2) is 36.5 Å². The molecule has 8 nitrogen and oxygen atoms in total. The van der Waals surface area contributed by atoms with E-state index in [1.165, 1.54) is 6.07 Å². The molecule has 0 unspecified atom stereocenters. The molecular formula is C16H15FN8. The summed E-state index contributed by atoms with van der Waals surface area (Å²) in [4.78, 5) is 8.81. The molecule has 0 fully saturated rings. The second-order valence-corrected chi connectivity index (χ2v) is 5.53. The lowest BCUT2D eigenvalue weighted by Crippen LogP contribution is -2.07. The van der Waals surface area contributed by atoms with Gasteiger partial charge < -0.3 is 10.6 Å². The number of benzene rings is 1. The SMILES string of the molecule is Cc1cc(Nc2nc(NCc3ccccc3F)nc3[nH]ncc23)n[nH]1. The maximum Gasteiger partial charge on any atom is 0.227 e. The van der Waals surface area contributed by atoms with Crippen molar-refractivity contribution in [3.63, 3.8) is 0 Å². The number of aromatic amines is 2. The van der Waals surface area contributed by atoms with E-state index in [4.69, 9.17) is 0 Å². The van der Waals surface area contributed by atoms with Crippen LogP contribution in [0.3, 0.4) is 0 Å². The minimum absolute atomic E-state index is 0.271. The van der Waals surface area contributed by atoms with Crippen LogP contribution in [-0.2, 0) is 6.54 Å². The van der Waals surface area contributed by atoms with Crippen LogP contribution in [0.1, 0.15) is 11.3 Å². The molecule has 126 valence electrons. The van der Waals surface area contributed by atoms with Gasteiger partial charge in [0.05, 0.1) is 11.6 Å². The summed E-state index contributed by atoms with van der Waals surface area (Å²) in [6, 6.07) is 8.43. The first-order chi connectivity index (χ1) is 12.2. The van der Waals surface area contributed by atoms with Crippen LogP contribution in [0.5, 0.6) is 0 Å². The summed E-state index contributed by atoms with van der Waals surface area (Å²) < 4.78 is 13.7. The average molecular weight is 338 g/mol. The molecule has 0 spiro atoms. The van der Waals surface area contributed by atoms with Gasteiger partial charge in [-0.3, -0.25) is 10.2 Å². The molecule has 0 atom stereocenters. The van der Waals surface area contributed by atoms with Crippen molar-refractivity contribution in [1.29, 1.82) is 0 Å². The highest BCUT2D eigenvalue weighted by Crippen LogP contribution is 2.23. The number of aryl methyl sites for hydroxylation is 1. The number of aromatic nitrogens is 6. The monoisotopic (exact) mass is 338 g/mol. The smallest absolute Gasteiger partial charge is 0.227 e. The molecule has 4 N–H and O–H groups in total. The summed E-state index contributed by atoms with van der Waals surface area (Å²) in [7, 11) is 0. The molecule has 9 heteroatoms. The first kappa shape index (κ1) is 15.1. The predicted octanol–water partition coefficient (Wildman–Crippen LogP) is 2.88. The van der Waals surface area contributed by atoms with Crippen LogP contribution in [0.4, 0.5) is 22.0 Å². The van der Waals surface area contributed by atoms with Crippen LogP contribution in [0.25, 0.3) is 11.0 Å². The molecule has 0 saturated carbocycles. The van der Waals surface area contributed by atoms with E-state index in [9.17, 15) is 4.39 Å². The lowest BCUT2D eigenvalue weighted by Gasteiger charge is -2.09. The van der Waals surface area contributed by atoms with Crippen molar-refractivity contribution in [1.82, 2.24) is 30.4 Å². The fourth-order valence-electron chi connectivity index (χ4n) is 2.43. The van der Waals surface area contributed by atoms with Crippen molar-refractivity contribution in [2.75, 3.05) is 10.6 Å². The Hall–Kier alpha value is -3.49. The van der Waals surface area contributed by atoms with Crippen LogP contribution in [-0.4, -0.2) is 30.4 Å². The third kappa shape index (κ3) is 3.11. The fourth-order valence-corrected chi connectivity index (χ4v) is 2.43. The molecule has 0 amide bonds. The number of nitrogens with zero attached hydrogens (tertiary/aromatic N) is 4. The number of nitrogens with one attached hydrogen (secondary N) is 4. The lowest BCUT2D eigenvalue weighted by atomic mass is 10.2. The van der Waals surface area contributed by atoms with Crippen LogP contribution in [0.2, 0.25) is 0 Å². The Morgan fingerprint density at radius 2 is 2.04 bits per heavy atom. The Morgan fingerprint density at radius 3 is 2.84 bits per heavy atom. The molecule has 0 aliphatic heterocycles. The summed E-state index contributed by atoms with van der Waals surface area (Å²) in [5.41, 5.74) is 2.03. The minimum Gasteiger partial charge on any atom is -0.350 e. The summed E-state index contributed by atoms with van der Waals surface area (Å²) in [6.45, 7) is 2.18. The number of H-pyrrole nitrogens is 2. The number of rotatable bonds is 5. The second-order valence-electron chi connectivity index (χ2n) is 5.53. The van der Waals surface area contributed by atoms with Gasteiger partial charge in [-0.05, 0) is 13.0 Å².